The van der Waals surface area contributed by atoms with Crippen LogP contribution >= 0.6 is 0 Å². The third kappa shape index (κ3) is 2.73. The van der Waals surface area contributed by atoms with Gasteiger partial charge < -0.3 is 0 Å². The lowest BCUT2D eigenvalue weighted by atomic mass is 9.93. The van der Waals surface area contributed by atoms with Crippen LogP contribution in [0.1, 0.15) is 30.9 Å². The number of carbonyl (C=O) groups excluding carboxylic acids is 2. The van der Waals surface area contributed by atoms with Crippen molar-refractivity contribution >= 4 is 23.2 Å². The molecule has 0 saturated carbocycles. The summed E-state index contributed by atoms with van der Waals surface area (Å²) in [6, 6.07) is 15.3. The highest BCUT2D eigenvalue weighted by atomic mass is 16.7. The molecule has 2 amide bonds. The Morgan fingerprint density at radius 3 is 2.22 bits per heavy atom. The highest BCUT2D eigenvalue weighted by Gasteiger charge is 2.59. The fourth-order valence-electron chi connectivity index (χ4n) is 4.29. The van der Waals surface area contributed by atoms with Crippen molar-refractivity contribution in [1.82, 2.24) is 0 Å². The van der Waals surface area contributed by atoms with Gasteiger partial charge in [0.2, 0.25) is 5.91 Å². The standard InChI is InChI=1S/C22H24N2O3/c1-4-9-17-18-20(27-24(17)16-12-6-5-7-13-16)22(26)23(21(18)25)19-14(2)10-8-11-15(19)3/h5-8,10-13,17-18,20H,4,9H2,1-3H3/t17-,18+,20+/m1/s1. The SMILES string of the molecule is CCC[C@@H]1[C@@H]2C(=O)N(c3c(C)cccc3C)C(=O)[C@H]2ON1c1ccccc1. The minimum absolute atomic E-state index is 0.145. The van der Waals surface area contributed by atoms with Crippen LogP contribution in [0.3, 0.4) is 0 Å². The summed E-state index contributed by atoms with van der Waals surface area (Å²) >= 11 is 0. The van der Waals surface area contributed by atoms with Gasteiger partial charge in [0.25, 0.3) is 5.91 Å². The molecule has 0 aromatic heterocycles. The summed E-state index contributed by atoms with van der Waals surface area (Å²) in [5.74, 6) is -0.891. The van der Waals surface area contributed by atoms with Crippen LogP contribution in [0.4, 0.5) is 11.4 Å². The van der Waals surface area contributed by atoms with Gasteiger partial charge in [0.15, 0.2) is 6.10 Å². The highest BCUT2D eigenvalue weighted by molar-refractivity contribution is 6.24. The quantitative estimate of drug-likeness (QED) is 0.775. The van der Waals surface area contributed by atoms with E-state index in [-0.39, 0.29) is 17.9 Å². The van der Waals surface area contributed by atoms with Gasteiger partial charge in [0.05, 0.1) is 23.3 Å². The van der Waals surface area contributed by atoms with Crippen LogP contribution in [0.15, 0.2) is 48.5 Å². The lowest BCUT2D eigenvalue weighted by Crippen LogP contribution is -2.41. The normalized spacial score (nSPS) is 24.6. The summed E-state index contributed by atoms with van der Waals surface area (Å²) in [7, 11) is 0. The first-order valence-corrected chi connectivity index (χ1v) is 9.49. The van der Waals surface area contributed by atoms with E-state index < -0.39 is 12.0 Å². The van der Waals surface area contributed by atoms with Crippen LogP contribution in [0, 0.1) is 19.8 Å². The zero-order valence-corrected chi connectivity index (χ0v) is 15.9. The van der Waals surface area contributed by atoms with Gasteiger partial charge in [0.1, 0.15) is 0 Å². The molecule has 0 spiro atoms. The average Bonchev–Trinajstić information content (AvgIpc) is 3.14. The Kier molecular flexibility index (Phi) is 4.48. The number of fused-ring (bicyclic) bond motifs is 1. The number of para-hydroxylation sites is 2. The zero-order valence-electron chi connectivity index (χ0n) is 15.9. The molecule has 140 valence electrons. The van der Waals surface area contributed by atoms with Crippen molar-refractivity contribution in [2.24, 2.45) is 5.92 Å². The first kappa shape index (κ1) is 17.7. The second-order valence-electron chi connectivity index (χ2n) is 7.32. The molecule has 2 aromatic rings. The van der Waals surface area contributed by atoms with Crippen LogP contribution in [-0.4, -0.2) is 24.0 Å². The van der Waals surface area contributed by atoms with E-state index in [1.807, 2.05) is 62.4 Å². The average molecular weight is 364 g/mol. The third-order valence-corrected chi connectivity index (χ3v) is 5.50. The summed E-state index contributed by atoms with van der Waals surface area (Å²) in [4.78, 5) is 34.0. The number of nitrogens with zero attached hydrogens (tertiary/aromatic N) is 2. The van der Waals surface area contributed by atoms with Crippen LogP contribution in [0.5, 0.6) is 0 Å². The Labute approximate surface area is 159 Å². The van der Waals surface area contributed by atoms with Gasteiger partial charge in [-0.15, -0.1) is 0 Å². The minimum Gasteiger partial charge on any atom is -0.273 e. The van der Waals surface area contributed by atoms with Crippen molar-refractivity contribution in [3.8, 4) is 0 Å². The molecule has 4 rings (SSSR count). The van der Waals surface area contributed by atoms with Crippen molar-refractivity contribution in [2.45, 2.75) is 45.8 Å². The molecule has 0 bridgehead atoms. The van der Waals surface area contributed by atoms with E-state index in [0.717, 1.165) is 29.7 Å². The summed E-state index contributed by atoms with van der Waals surface area (Å²) in [6.07, 6.45) is 0.939. The third-order valence-electron chi connectivity index (χ3n) is 5.50. The summed E-state index contributed by atoms with van der Waals surface area (Å²) in [6.45, 7) is 5.94. The maximum atomic E-state index is 13.4. The van der Waals surface area contributed by atoms with Gasteiger partial charge in [-0.2, -0.15) is 0 Å². The minimum atomic E-state index is -0.756. The number of anilines is 2. The van der Waals surface area contributed by atoms with Crippen molar-refractivity contribution < 1.29 is 14.4 Å². The Hall–Kier alpha value is -2.66. The van der Waals surface area contributed by atoms with Gasteiger partial charge in [-0.25, -0.2) is 9.96 Å². The lowest BCUT2D eigenvalue weighted by molar-refractivity contribution is -0.126. The molecule has 27 heavy (non-hydrogen) atoms. The number of rotatable bonds is 4. The number of hydrogen-bond donors (Lipinski definition) is 0. The number of imide groups is 1. The number of benzene rings is 2. The molecule has 0 N–H and O–H groups in total. The molecule has 2 aromatic carbocycles. The molecule has 5 nitrogen and oxygen atoms in total. The lowest BCUT2D eigenvalue weighted by Gasteiger charge is -2.29. The van der Waals surface area contributed by atoms with Crippen LogP contribution < -0.4 is 9.96 Å². The predicted molar refractivity (Wildman–Crippen MR) is 104 cm³/mol. The van der Waals surface area contributed by atoms with Gasteiger partial charge in [-0.3, -0.25) is 14.4 Å². The van der Waals surface area contributed by atoms with Crippen molar-refractivity contribution in [3.63, 3.8) is 0 Å². The molecule has 0 radical (unpaired) electrons. The van der Waals surface area contributed by atoms with E-state index in [1.54, 1.807) is 5.06 Å². The van der Waals surface area contributed by atoms with E-state index in [1.165, 1.54) is 4.90 Å². The van der Waals surface area contributed by atoms with E-state index in [9.17, 15) is 9.59 Å². The maximum absolute atomic E-state index is 13.4. The molecule has 2 aliphatic rings. The number of carbonyl (C=O) groups is 2. The van der Waals surface area contributed by atoms with Crippen LogP contribution in [0.2, 0.25) is 0 Å². The monoisotopic (exact) mass is 364 g/mol. The van der Waals surface area contributed by atoms with Gasteiger partial charge >= 0.3 is 0 Å². The fourth-order valence-corrected chi connectivity index (χ4v) is 4.29. The highest BCUT2D eigenvalue weighted by Crippen LogP contribution is 2.42. The summed E-state index contributed by atoms with van der Waals surface area (Å²) < 4.78 is 0. The zero-order chi connectivity index (χ0) is 19.1. The molecule has 2 fully saturated rings. The molecule has 2 saturated heterocycles. The van der Waals surface area contributed by atoms with E-state index in [0.29, 0.717) is 5.69 Å². The largest absolute Gasteiger partial charge is 0.273 e. The smallest absolute Gasteiger partial charge is 0.266 e. The van der Waals surface area contributed by atoms with Gasteiger partial charge in [-0.05, 0) is 43.5 Å². The molecular formula is C22H24N2O3. The molecule has 5 heteroatoms. The summed E-state index contributed by atoms with van der Waals surface area (Å²) in [5, 5.41) is 1.77. The van der Waals surface area contributed by atoms with E-state index in [2.05, 4.69) is 6.92 Å². The second kappa shape index (κ2) is 6.82. The number of amides is 2. The van der Waals surface area contributed by atoms with Crippen LogP contribution in [-0.2, 0) is 14.4 Å². The van der Waals surface area contributed by atoms with Gasteiger partial charge in [0, 0.05) is 0 Å². The van der Waals surface area contributed by atoms with E-state index >= 15 is 0 Å². The maximum Gasteiger partial charge on any atom is 0.266 e. The predicted octanol–water partition coefficient (Wildman–Crippen LogP) is 3.78. The Bertz CT molecular complexity index is 860. The first-order chi connectivity index (χ1) is 13.0. The number of aryl methyl sites for hydroxylation is 2. The van der Waals surface area contributed by atoms with Crippen molar-refractivity contribution in [2.75, 3.05) is 9.96 Å². The molecule has 2 aliphatic heterocycles. The first-order valence-electron chi connectivity index (χ1n) is 9.49. The van der Waals surface area contributed by atoms with Crippen molar-refractivity contribution in [1.29, 1.82) is 0 Å². The Morgan fingerprint density at radius 2 is 1.59 bits per heavy atom. The topological polar surface area (TPSA) is 49.9 Å². The number of hydrogen-bond acceptors (Lipinski definition) is 4. The van der Waals surface area contributed by atoms with Crippen LogP contribution in [0.25, 0.3) is 0 Å². The molecule has 0 aliphatic carbocycles. The molecule has 2 heterocycles. The fraction of sp³-hybridized carbons (Fsp3) is 0.364. The van der Waals surface area contributed by atoms with Crippen molar-refractivity contribution in [3.05, 3.63) is 59.7 Å². The molecule has 0 unspecified atom stereocenters. The summed E-state index contributed by atoms with van der Waals surface area (Å²) in [5.41, 5.74) is 3.42. The molecule has 3 atom stereocenters. The Balaban J connectivity index is 1.72. The van der Waals surface area contributed by atoms with E-state index in [4.69, 9.17) is 4.84 Å². The number of hydroxylamine groups is 1. The Morgan fingerprint density at radius 1 is 0.926 bits per heavy atom. The second-order valence-corrected chi connectivity index (χ2v) is 7.32. The van der Waals surface area contributed by atoms with Gasteiger partial charge in [-0.1, -0.05) is 49.7 Å². The molecular weight excluding hydrogens is 340 g/mol.